The van der Waals surface area contributed by atoms with Crippen molar-refractivity contribution in [3.63, 3.8) is 0 Å². The van der Waals surface area contributed by atoms with Gasteiger partial charge in [0.05, 0.1) is 0 Å². The van der Waals surface area contributed by atoms with E-state index in [1.165, 1.54) is 13.8 Å². The maximum Gasteiger partial charge on any atom is 0.418 e. The number of likely N-dealkylation sites (tertiary alicyclic amines) is 1. The SMILES string of the molecule is CC1(C)OC(=O)N(CC(=O)N2CCCCC2CCn2cccn2)C1=O. The lowest BCUT2D eigenvalue weighted by atomic mass is 9.99. The molecule has 1 aromatic heterocycles. The average molecular weight is 348 g/mol. The van der Waals surface area contributed by atoms with Crippen molar-refractivity contribution in [2.75, 3.05) is 13.1 Å². The van der Waals surface area contributed by atoms with E-state index in [1.807, 2.05) is 16.9 Å². The van der Waals surface area contributed by atoms with Gasteiger partial charge >= 0.3 is 6.09 Å². The monoisotopic (exact) mass is 348 g/mol. The molecule has 8 nitrogen and oxygen atoms in total. The normalized spacial score (nSPS) is 23.0. The van der Waals surface area contributed by atoms with Gasteiger partial charge in [-0.25, -0.2) is 9.69 Å². The Balaban J connectivity index is 1.62. The van der Waals surface area contributed by atoms with Gasteiger partial charge in [-0.3, -0.25) is 14.3 Å². The molecule has 3 amide bonds. The highest BCUT2D eigenvalue weighted by Gasteiger charge is 2.48. The number of carbonyl (C=O) groups excluding carboxylic acids is 3. The zero-order valence-electron chi connectivity index (χ0n) is 14.7. The molecule has 2 fully saturated rings. The van der Waals surface area contributed by atoms with Crippen LogP contribution in [0.15, 0.2) is 18.5 Å². The minimum Gasteiger partial charge on any atom is -0.433 e. The maximum absolute atomic E-state index is 12.7. The largest absolute Gasteiger partial charge is 0.433 e. The molecular formula is C17H24N4O4. The van der Waals surface area contributed by atoms with Gasteiger partial charge < -0.3 is 9.64 Å². The molecule has 136 valence electrons. The summed E-state index contributed by atoms with van der Waals surface area (Å²) in [7, 11) is 0. The standard InChI is InChI=1S/C17H24N4O4/c1-17(2)15(23)21(16(24)25-17)12-14(22)20-10-4-3-6-13(20)7-11-19-9-5-8-18-19/h5,8-9,13H,3-4,6-7,10-12H2,1-2H3. The van der Waals surface area contributed by atoms with E-state index in [0.717, 1.165) is 37.1 Å². The Labute approximate surface area is 146 Å². The van der Waals surface area contributed by atoms with Crippen molar-refractivity contribution in [3.8, 4) is 0 Å². The fourth-order valence-corrected chi connectivity index (χ4v) is 3.43. The third-order valence-electron chi connectivity index (χ3n) is 4.81. The number of piperidine rings is 1. The fourth-order valence-electron chi connectivity index (χ4n) is 3.43. The van der Waals surface area contributed by atoms with Crippen LogP contribution in [-0.2, 0) is 20.9 Å². The van der Waals surface area contributed by atoms with Crippen LogP contribution in [0.1, 0.15) is 39.5 Å². The molecule has 1 aromatic rings. The Kier molecular flexibility index (Phi) is 4.78. The predicted octanol–water partition coefficient (Wildman–Crippen LogP) is 1.41. The molecule has 0 aromatic carbocycles. The number of aryl methyl sites for hydroxylation is 1. The second-order valence-corrected chi connectivity index (χ2v) is 7.06. The lowest BCUT2D eigenvalue weighted by molar-refractivity contribution is -0.142. The smallest absolute Gasteiger partial charge is 0.418 e. The quantitative estimate of drug-likeness (QED) is 0.803. The predicted molar refractivity (Wildman–Crippen MR) is 88.5 cm³/mol. The summed E-state index contributed by atoms with van der Waals surface area (Å²) in [5.41, 5.74) is -1.20. The molecule has 3 rings (SSSR count). The molecule has 2 aliphatic rings. The van der Waals surface area contributed by atoms with Gasteiger partial charge in [0, 0.05) is 31.5 Å². The van der Waals surface area contributed by atoms with Crippen LogP contribution < -0.4 is 0 Å². The van der Waals surface area contributed by atoms with Crippen LogP contribution in [0.2, 0.25) is 0 Å². The van der Waals surface area contributed by atoms with Crippen LogP contribution in [0.5, 0.6) is 0 Å². The molecule has 0 saturated carbocycles. The number of aromatic nitrogens is 2. The van der Waals surface area contributed by atoms with Gasteiger partial charge in [0.2, 0.25) is 5.91 Å². The number of hydrogen-bond donors (Lipinski definition) is 0. The van der Waals surface area contributed by atoms with Gasteiger partial charge in [0.1, 0.15) is 6.54 Å². The minimum absolute atomic E-state index is 0.104. The zero-order valence-corrected chi connectivity index (χ0v) is 14.7. The van der Waals surface area contributed by atoms with Gasteiger partial charge in [-0.2, -0.15) is 5.10 Å². The van der Waals surface area contributed by atoms with Crippen LogP contribution in [-0.4, -0.2) is 62.2 Å². The summed E-state index contributed by atoms with van der Waals surface area (Å²) >= 11 is 0. The number of nitrogens with zero attached hydrogens (tertiary/aromatic N) is 4. The van der Waals surface area contributed by atoms with Crippen molar-refractivity contribution >= 4 is 17.9 Å². The summed E-state index contributed by atoms with van der Waals surface area (Å²) in [4.78, 5) is 39.6. The molecule has 0 radical (unpaired) electrons. The first-order valence-corrected chi connectivity index (χ1v) is 8.70. The lowest BCUT2D eigenvalue weighted by Gasteiger charge is -2.36. The summed E-state index contributed by atoms with van der Waals surface area (Å²) in [5.74, 6) is -0.663. The molecule has 1 unspecified atom stereocenters. The molecular weight excluding hydrogens is 324 g/mol. The number of amides is 3. The molecule has 8 heteroatoms. The molecule has 2 saturated heterocycles. The minimum atomic E-state index is -1.20. The third-order valence-corrected chi connectivity index (χ3v) is 4.81. The molecule has 3 heterocycles. The summed E-state index contributed by atoms with van der Waals surface area (Å²) < 4.78 is 6.89. The number of rotatable bonds is 5. The van der Waals surface area contributed by atoms with Crippen molar-refractivity contribution in [3.05, 3.63) is 18.5 Å². The molecule has 2 aliphatic heterocycles. The zero-order chi connectivity index (χ0) is 18.0. The van der Waals surface area contributed by atoms with E-state index >= 15 is 0 Å². The number of carbonyl (C=O) groups is 3. The van der Waals surface area contributed by atoms with E-state index in [1.54, 1.807) is 11.1 Å². The van der Waals surface area contributed by atoms with Gasteiger partial charge in [-0.05, 0) is 45.6 Å². The number of imide groups is 1. The summed E-state index contributed by atoms with van der Waals surface area (Å²) in [6.45, 7) is 4.21. The fraction of sp³-hybridized carbons (Fsp3) is 0.647. The average Bonchev–Trinajstić information content (AvgIpc) is 3.15. The van der Waals surface area contributed by atoms with E-state index < -0.39 is 17.6 Å². The van der Waals surface area contributed by atoms with E-state index in [-0.39, 0.29) is 18.5 Å². The topological polar surface area (TPSA) is 84.7 Å². The number of hydrogen-bond acceptors (Lipinski definition) is 5. The molecule has 1 atom stereocenters. The van der Waals surface area contributed by atoms with Gasteiger partial charge in [0.15, 0.2) is 5.60 Å². The van der Waals surface area contributed by atoms with E-state index in [0.29, 0.717) is 6.54 Å². The van der Waals surface area contributed by atoms with Crippen LogP contribution in [0.25, 0.3) is 0 Å². The van der Waals surface area contributed by atoms with Crippen molar-refractivity contribution in [2.24, 2.45) is 0 Å². The Hall–Kier alpha value is -2.38. The maximum atomic E-state index is 12.7. The van der Waals surface area contributed by atoms with Gasteiger partial charge in [-0.15, -0.1) is 0 Å². The highest BCUT2D eigenvalue weighted by Crippen LogP contribution is 2.25. The first-order valence-electron chi connectivity index (χ1n) is 8.70. The summed E-state index contributed by atoms with van der Waals surface area (Å²) in [6.07, 6.45) is 6.63. The van der Waals surface area contributed by atoms with E-state index in [4.69, 9.17) is 4.74 Å². The molecule has 0 aliphatic carbocycles. The van der Waals surface area contributed by atoms with E-state index in [2.05, 4.69) is 5.10 Å². The van der Waals surface area contributed by atoms with Crippen molar-refractivity contribution in [1.82, 2.24) is 19.6 Å². The van der Waals surface area contributed by atoms with Crippen LogP contribution >= 0.6 is 0 Å². The first kappa shape index (κ1) is 17.4. The molecule has 0 N–H and O–H groups in total. The first-order chi connectivity index (χ1) is 11.9. The summed E-state index contributed by atoms with van der Waals surface area (Å²) in [6, 6.07) is 1.98. The molecule has 25 heavy (non-hydrogen) atoms. The molecule has 0 bridgehead atoms. The van der Waals surface area contributed by atoms with Crippen molar-refractivity contribution in [1.29, 1.82) is 0 Å². The van der Waals surface area contributed by atoms with Crippen LogP contribution in [0.4, 0.5) is 4.79 Å². The van der Waals surface area contributed by atoms with Crippen LogP contribution in [0, 0.1) is 0 Å². The second-order valence-electron chi connectivity index (χ2n) is 7.06. The van der Waals surface area contributed by atoms with Crippen molar-refractivity contribution < 1.29 is 19.1 Å². The van der Waals surface area contributed by atoms with Crippen molar-refractivity contribution in [2.45, 2.75) is 57.7 Å². The Morgan fingerprint density at radius 1 is 1.36 bits per heavy atom. The van der Waals surface area contributed by atoms with Crippen LogP contribution in [0.3, 0.4) is 0 Å². The Morgan fingerprint density at radius 3 is 2.80 bits per heavy atom. The Morgan fingerprint density at radius 2 is 2.16 bits per heavy atom. The molecule has 0 spiro atoms. The second kappa shape index (κ2) is 6.85. The van der Waals surface area contributed by atoms with E-state index in [9.17, 15) is 14.4 Å². The van der Waals surface area contributed by atoms with Gasteiger partial charge in [0.25, 0.3) is 5.91 Å². The Bertz CT molecular complexity index is 656. The number of ether oxygens (including phenoxy) is 1. The third kappa shape index (κ3) is 3.67. The highest BCUT2D eigenvalue weighted by molar-refractivity contribution is 6.04. The summed E-state index contributed by atoms with van der Waals surface area (Å²) in [5, 5.41) is 4.19. The lowest BCUT2D eigenvalue weighted by Crippen LogP contribution is -2.50. The number of cyclic esters (lactones) is 1. The highest BCUT2D eigenvalue weighted by atomic mass is 16.6. The van der Waals surface area contributed by atoms with Gasteiger partial charge in [-0.1, -0.05) is 0 Å².